The third kappa shape index (κ3) is 12.1. The van der Waals surface area contributed by atoms with Crippen molar-refractivity contribution in [3.63, 3.8) is 0 Å². The number of carbonyl (C=O) groups excluding carboxylic acids is 2. The molecule has 0 unspecified atom stereocenters. The molecule has 0 aliphatic heterocycles. The van der Waals surface area contributed by atoms with Gasteiger partial charge in [-0.3, -0.25) is 9.59 Å². The molecule has 8 fully saturated rings. The highest BCUT2D eigenvalue weighted by Gasteiger charge is 2.67. The predicted octanol–water partition coefficient (Wildman–Crippen LogP) is 13.7. The van der Waals surface area contributed by atoms with E-state index in [4.69, 9.17) is 9.47 Å². The summed E-state index contributed by atoms with van der Waals surface area (Å²) in [5.74, 6) is 7.14. The van der Waals surface area contributed by atoms with Gasteiger partial charge in [-0.15, -0.1) is 0 Å². The second-order valence-electron chi connectivity index (χ2n) is 29.0. The van der Waals surface area contributed by atoms with Crippen molar-refractivity contribution in [1.82, 2.24) is 0 Å². The lowest BCUT2D eigenvalue weighted by Crippen LogP contribution is -2.62. The molecule has 0 heterocycles. The summed E-state index contributed by atoms with van der Waals surface area (Å²) in [6, 6.07) is 19.0. The van der Waals surface area contributed by atoms with Gasteiger partial charge in [0.15, 0.2) is 19.7 Å². The van der Waals surface area contributed by atoms with Crippen LogP contribution in [0.1, 0.15) is 195 Å². The second-order valence-corrected chi connectivity index (χ2v) is 33.4. The number of fused-ring (bicyclic) bond motifs is 10. The molecule has 80 heavy (non-hydrogen) atoms. The van der Waals surface area contributed by atoms with Crippen LogP contribution in [-0.2, 0) is 50.2 Å². The third-order valence-electron chi connectivity index (χ3n) is 25.4. The Labute approximate surface area is 483 Å². The van der Waals surface area contributed by atoms with Gasteiger partial charge >= 0.3 is 0 Å². The molecule has 10 nitrogen and oxygen atoms in total. The second kappa shape index (κ2) is 25.0. The van der Waals surface area contributed by atoms with E-state index in [1.165, 1.54) is 38.5 Å². The van der Waals surface area contributed by atoms with Crippen LogP contribution in [0.4, 0.5) is 0 Å². The van der Waals surface area contributed by atoms with E-state index >= 15 is 0 Å². The van der Waals surface area contributed by atoms with Gasteiger partial charge < -0.3 is 19.7 Å². The molecule has 2 N–H and O–H groups in total. The SMILES string of the molecule is CC[C@H]1[C@@H](O)[C@@H]2[C@H](CC[C@]3(C)[C@@H]([C@H](C)CCCS(=O)(=O)Cc4ccccc4)CC[C@@H]23)[C@@]2(C)CC[C@@H](O)C[C@@H]12.CC[C@H]1[C@@H](OC=O)[C@@H]2[C@H](CC[C@]3(C)[C@@H]([C@H](C)CCCS(=O)(=O)Cc4ccccc4)CC[C@@H]23)[C@@]2(C)CC[C@@H](OC=O)C[C@@H]12. The summed E-state index contributed by atoms with van der Waals surface area (Å²) >= 11 is 0. The highest BCUT2D eigenvalue weighted by molar-refractivity contribution is 7.90. The van der Waals surface area contributed by atoms with E-state index < -0.39 is 19.7 Å². The van der Waals surface area contributed by atoms with E-state index in [0.717, 1.165) is 94.6 Å². The number of sulfone groups is 2. The fourth-order valence-corrected chi connectivity index (χ4v) is 24.6. The van der Waals surface area contributed by atoms with Crippen LogP contribution in [0.3, 0.4) is 0 Å². The van der Waals surface area contributed by atoms with Crippen LogP contribution in [0.15, 0.2) is 60.7 Å². The Morgan fingerprint density at radius 2 is 0.975 bits per heavy atom. The van der Waals surface area contributed by atoms with Crippen LogP contribution in [0.25, 0.3) is 0 Å². The summed E-state index contributed by atoms with van der Waals surface area (Å²) in [5, 5.41) is 22.4. The smallest absolute Gasteiger partial charge is 0.293 e. The Bertz CT molecular complexity index is 2600. The molecule has 0 saturated heterocycles. The molecule has 0 spiro atoms. The van der Waals surface area contributed by atoms with Gasteiger partial charge in [-0.25, -0.2) is 16.8 Å². The maximum atomic E-state index is 12.8. The number of hydrogen-bond acceptors (Lipinski definition) is 10. The van der Waals surface area contributed by atoms with Gasteiger partial charge in [0.2, 0.25) is 0 Å². The van der Waals surface area contributed by atoms with Gasteiger partial charge in [0.05, 0.1) is 35.2 Å². The quantitative estimate of drug-likeness (QED) is 0.122. The van der Waals surface area contributed by atoms with Gasteiger partial charge in [-0.1, -0.05) is 122 Å². The van der Waals surface area contributed by atoms with E-state index in [1.807, 2.05) is 60.7 Å². The van der Waals surface area contributed by atoms with Crippen LogP contribution >= 0.6 is 0 Å². The van der Waals surface area contributed by atoms with Crippen LogP contribution in [0, 0.1) is 105 Å². The highest BCUT2D eigenvalue weighted by Crippen LogP contribution is 2.72. The monoisotopic (exact) mass is 1140 g/mol. The number of benzene rings is 2. The van der Waals surface area contributed by atoms with Crippen LogP contribution in [0.2, 0.25) is 0 Å². The van der Waals surface area contributed by atoms with E-state index in [-0.39, 0.29) is 75.0 Å². The molecule has 0 aromatic heterocycles. The first-order valence-corrected chi connectivity index (χ1v) is 35.7. The number of ether oxygens (including phenoxy) is 2. The minimum atomic E-state index is -3.13. The van der Waals surface area contributed by atoms with E-state index in [2.05, 4.69) is 55.4 Å². The first kappa shape index (κ1) is 61.8. The molecular formula is C68H104O10S2. The molecule has 2 aromatic rings. The normalized spacial score (nSPS) is 41.8. The number of aliphatic hydroxyl groups excluding tert-OH is 2. The fraction of sp³-hybridized carbons (Fsp3) is 0.794. The number of carbonyl (C=O) groups is 2. The minimum absolute atomic E-state index is 0.0369. The Balaban J connectivity index is 0.000000195. The van der Waals surface area contributed by atoms with E-state index in [1.54, 1.807) is 0 Å². The summed E-state index contributed by atoms with van der Waals surface area (Å²) in [5.41, 5.74) is 2.55. The molecular weight excluding hydrogens is 1040 g/mol. The maximum Gasteiger partial charge on any atom is 0.293 e. The third-order valence-corrected chi connectivity index (χ3v) is 28.8. The van der Waals surface area contributed by atoms with E-state index in [9.17, 15) is 36.6 Å². The molecule has 10 rings (SSSR count). The number of aliphatic hydroxyl groups is 2. The summed E-state index contributed by atoms with van der Waals surface area (Å²) in [7, 11) is -6.23. The van der Waals surface area contributed by atoms with Gasteiger partial charge in [-0.05, 0) is 232 Å². The summed E-state index contributed by atoms with van der Waals surface area (Å²) in [6.07, 6.45) is 19.9. The van der Waals surface area contributed by atoms with Gasteiger partial charge in [0.1, 0.15) is 12.2 Å². The van der Waals surface area contributed by atoms with E-state index in [0.29, 0.717) is 96.3 Å². The van der Waals surface area contributed by atoms with Crippen molar-refractivity contribution in [2.24, 2.45) is 105 Å². The number of hydrogen-bond donors (Lipinski definition) is 2. The fourth-order valence-electron chi connectivity index (χ4n) is 21.7. The zero-order valence-electron chi connectivity index (χ0n) is 50.3. The number of rotatable bonds is 20. The van der Waals surface area contributed by atoms with Crippen molar-refractivity contribution >= 4 is 32.6 Å². The molecule has 0 bridgehead atoms. The molecule has 8 saturated carbocycles. The highest BCUT2D eigenvalue weighted by atomic mass is 32.2. The minimum Gasteiger partial charge on any atom is -0.465 e. The van der Waals surface area contributed by atoms with Gasteiger partial charge in [-0.2, -0.15) is 0 Å². The lowest BCUT2D eigenvalue weighted by atomic mass is 9.41. The molecule has 448 valence electrons. The molecule has 8 aliphatic rings. The Morgan fingerprint density at radius 1 is 0.537 bits per heavy atom. The van der Waals surface area contributed by atoms with Gasteiger partial charge in [0, 0.05) is 5.92 Å². The molecule has 22 atom stereocenters. The maximum absolute atomic E-state index is 12.8. The summed E-state index contributed by atoms with van der Waals surface area (Å²) in [6.45, 7) is 20.5. The lowest BCUT2D eigenvalue weighted by Gasteiger charge is -2.65. The van der Waals surface area contributed by atoms with Crippen LogP contribution in [0.5, 0.6) is 0 Å². The van der Waals surface area contributed by atoms with Crippen molar-refractivity contribution in [3.8, 4) is 0 Å². The summed E-state index contributed by atoms with van der Waals surface area (Å²) < 4.78 is 62.8. The zero-order valence-corrected chi connectivity index (χ0v) is 51.9. The molecule has 0 amide bonds. The molecule has 0 radical (unpaired) electrons. The summed E-state index contributed by atoms with van der Waals surface area (Å²) in [4.78, 5) is 23.1. The predicted molar refractivity (Wildman–Crippen MR) is 318 cm³/mol. The Morgan fingerprint density at radius 3 is 1.46 bits per heavy atom. The Hall–Kier alpha value is -2.80. The van der Waals surface area contributed by atoms with Crippen molar-refractivity contribution < 1.29 is 46.1 Å². The topological polar surface area (TPSA) is 161 Å². The first-order valence-electron chi connectivity index (χ1n) is 32.1. The average molecular weight is 1150 g/mol. The van der Waals surface area contributed by atoms with Crippen molar-refractivity contribution in [2.45, 2.75) is 220 Å². The largest absolute Gasteiger partial charge is 0.465 e. The molecule has 2 aromatic carbocycles. The van der Waals surface area contributed by atoms with Crippen molar-refractivity contribution in [2.75, 3.05) is 11.5 Å². The van der Waals surface area contributed by atoms with Gasteiger partial charge in [0.25, 0.3) is 12.9 Å². The zero-order chi connectivity index (χ0) is 57.4. The Kier molecular flexibility index (Phi) is 19.3. The van der Waals surface area contributed by atoms with Crippen LogP contribution < -0.4 is 0 Å². The average Bonchev–Trinajstić information content (AvgIpc) is 3.73. The standard InChI is InChI=1S/C35H52O6S.C33H52O4S/c1-5-27-31-20-26(40-22-36)15-17-35(31,4)30-16-18-34(3)28(13-14-29(34)32(30)33(27)41-23-37)24(2)10-9-19-42(38,39)21-25-11-7-6-8-12-25;1-5-25-29-20-24(34)15-17-33(29,4)28-16-18-32(3)26(13-14-27(32)30(28)31(25)35)22(2)10-9-19-38(36,37)21-23-11-7-6-8-12-23/h6-8,11-12,22-24,26-33H,5,9-10,13-21H2,1-4H3;6-8,11-12,22,24-31,34-35H,5,9-10,13-21H2,1-4H3/t24-,26-,27-,28-,29+,30+,31+,32+,33-,34-,35-;22-,24-,25-,26-,27+,28+,29+,30+,31-,32-,33-/m11/s1. The van der Waals surface area contributed by atoms with Crippen molar-refractivity contribution in [1.29, 1.82) is 0 Å². The molecule has 12 heteroatoms. The first-order chi connectivity index (χ1) is 38.1. The van der Waals surface area contributed by atoms with Crippen molar-refractivity contribution in [3.05, 3.63) is 71.8 Å². The molecule has 8 aliphatic carbocycles. The van der Waals surface area contributed by atoms with Crippen LogP contribution in [-0.4, -0.2) is 75.9 Å². The lowest BCUT2D eigenvalue weighted by molar-refractivity contribution is -0.213.